The first-order chi connectivity index (χ1) is 36.7. The number of pyridine rings is 2. The summed E-state index contributed by atoms with van der Waals surface area (Å²) in [7, 11) is 1.70. The van der Waals surface area contributed by atoms with E-state index in [1.54, 1.807) is 35.3 Å². The van der Waals surface area contributed by atoms with Gasteiger partial charge in [0.15, 0.2) is 0 Å². The van der Waals surface area contributed by atoms with E-state index in [2.05, 4.69) is 65.4 Å². The minimum Gasteiger partial charge on any atom is -0.377 e. The molecular formula is C57H68BrF3N8O7. The van der Waals surface area contributed by atoms with E-state index in [4.69, 9.17) is 9.47 Å². The summed E-state index contributed by atoms with van der Waals surface area (Å²) in [4.78, 5) is 78.3. The molecule has 3 fully saturated rings. The van der Waals surface area contributed by atoms with Gasteiger partial charge in [-0.2, -0.15) is 13.2 Å². The molecule has 5 aliphatic rings. The van der Waals surface area contributed by atoms with E-state index in [0.29, 0.717) is 101 Å². The van der Waals surface area contributed by atoms with Crippen molar-refractivity contribution in [1.29, 1.82) is 0 Å². The predicted molar refractivity (Wildman–Crippen MR) is 280 cm³/mol. The Morgan fingerprint density at radius 3 is 2.30 bits per heavy atom. The van der Waals surface area contributed by atoms with Gasteiger partial charge in [-0.05, 0) is 134 Å². The van der Waals surface area contributed by atoms with Gasteiger partial charge in [0.1, 0.15) is 0 Å². The third-order valence-electron chi connectivity index (χ3n) is 16.4. The summed E-state index contributed by atoms with van der Waals surface area (Å²) in [5.41, 5.74) is 4.49. The zero-order valence-corrected chi connectivity index (χ0v) is 44.6. The molecule has 76 heavy (non-hydrogen) atoms. The SMILES string of the molecule is CN1C(=O)C[C@H](C(=O)NCCOCCOCCNC(=O)c2ccc(C3CCC(C(=O)NCC[C@]4(C(=O)N5CCc6ncc(C(F)(F)F)cc6C5)CC[C@@H](N[C@@H]5CCc6cc(Br)ccc65)C4)CC3)cc2)[C@H]1c1cccnc1. The van der Waals surface area contributed by atoms with Crippen LogP contribution >= 0.6 is 15.9 Å². The first-order valence-corrected chi connectivity index (χ1v) is 27.6. The molecule has 15 nitrogen and oxygen atoms in total. The molecule has 0 spiro atoms. The number of ether oxygens (including phenoxy) is 2. The third-order valence-corrected chi connectivity index (χ3v) is 16.9. The number of halogens is 4. The smallest absolute Gasteiger partial charge is 0.377 e. The number of fused-ring (bicyclic) bond motifs is 2. The van der Waals surface area contributed by atoms with Gasteiger partial charge in [-0.25, -0.2) is 0 Å². The molecule has 2 aliphatic heterocycles. The molecule has 3 aliphatic carbocycles. The van der Waals surface area contributed by atoms with Crippen LogP contribution in [0.25, 0.3) is 0 Å². The summed E-state index contributed by atoms with van der Waals surface area (Å²) in [6, 6.07) is 18.7. The quantitative estimate of drug-likeness (QED) is 0.0646. The molecule has 4 heterocycles. The van der Waals surface area contributed by atoms with E-state index in [1.807, 2.05) is 30.3 Å². The van der Waals surface area contributed by atoms with Gasteiger partial charge in [-0.15, -0.1) is 0 Å². The van der Waals surface area contributed by atoms with Gasteiger partial charge in [0.25, 0.3) is 5.91 Å². The Morgan fingerprint density at radius 2 is 1.57 bits per heavy atom. The molecule has 2 aromatic carbocycles. The van der Waals surface area contributed by atoms with Crippen LogP contribution in [-0.2, 0) is 54.2 Å². The molecule has 4 N–H and O–H groups in total. The Labute approximate surface area is 450 Å². The number of amides is 5. The number of aromatic nitrogens is 2. The van der Waals surface area contributed by atoms with Gasteiger partial charge in [0.05, 0.1) is 49.4 Å². The number of carbonyl (C=O) groups excluding carboxylic acids is 5. The minimum absolute atomic E-state index is 0.0200. The summed E-state index contributed by atoms with van der Waals surface area (Å²) >= 11 is 3.59. The van der Waals surface area contributed by atoms with E-state index < -0.39 is 23.1 Å². The first kappa shape index (κ1) is 55.0. The molecule has 1 saturated heterocycles. The summed E-state index contributed by atoms with van der Waals surface area (Å²) in [6.07, 6.45) is 7.63. The van der Waals surface area contributed by atoms with Gasteiger partial charge >= 0.3 is 6.18 Å². The Balaban J connectivity index is 0.681. The first-order valence-electron chi connectivity index (χ1n) is 26.8. The average Bonchev–Trinajstić information content (AvgIpc) is 4.14. The van der Waals surface area contributed by atoms with Gasteiger partial charge in [-0.1, -0.05) is 40.2 Å². The van der Waals surface area contributed by atoms with Crippen LogP contribution in [0.4, 0.5) is 13.2 Å². The monoisotopic (exact) mass is 1110 g/mol. The van der Waals surface area contributed by atoms with E-state index in [-0.39, 0.29) is 79.1 Å². The minimum atomic E-state index is -4.53. The molecule has 0 radical (unpaired) electrons. The number of hydrogen-bond acceptors (Lipinski definition) is 10. The molecule has 19 heteroatoms. The maximum atomic E-state index is 14.7. The fraction of sp³-hybridized carbons (Fsp3) is 0.526. The fourth-order valence-corrected chi connectivity index (χ4v) is 12.7. The molecule has 2 aromatic heterocycles. The normalized spacial score (nSPS) is 24.2. The summed E-state index contributed by atoms with van der Waals surface area (Å²) < 4.78 is 53.3. The molecule has 9 rings (SSSR count). The molecule has 5 amide bonds. The number of alkyl halides is 3. The van der Waals surface area contributed by atoms with Crippen LogP contribution in [0.1, 0.15) is 132 Å². The van der Waals surface area contributed by atoms with Crippen LogP contribution in [0.2, 0.25) is 0 Å². The molecule has 406 valence electrons. The van der Waals surface area contributed by atoms with Gasteiger partial charge < -0.3 is 40.5 Å². The van der Waals surface area contributed by atoms with Crippen LogP contribution in [0.15, 0.2) is 83.7 Å². The Kier molecular flexibility index (Phi) is 17.9. The summed E-state index contributed by atoms with van der Waals surface area (Å²) in [6.45, 7) is 2.61. The lowest BCUT2D eigenvalue weighted by molar-refractivity contribution is -0.144. The molecule has 2 saturated carbocycles. The zero-order chi connectivity index (χ0) is 53.4. The van der Waals surface area contributed by atoms with Crippen LogP contribution in [0.3, 0.4) is 0 Å². The van der Waals surface area contributed by atoms with Crippen molar-refractivity contribution in [3.8, 4) is 0 Å². The number of likely N-dealkylation sites (tertiary alicyclic amines) is 1. The van der Waals surface area contributed by atoms with Crippen LogP contribution in [-0.4, -0.2) is 115 Å². The highest BCUT2D eigenvalue weighted by atomic mass is 79.9. The van der Waals surface area contributed by atoms with Gasteiger partial charge in [-0.3, -0.25) is 33.9 Å². The van der Waals surface area contributed by atoms with Crippen LogP contribution in [0.5, 0.6) is 0 Å². The summed E-state index contributed by atoms with van der Waals surface area (Å²) in [5, 5.41) is 12.8. The molecule has 5 atom stereocenters. The maximum Gasteiger partial charge on any atom is 0.417 e. The standard InChI is InChI=1S/C57H68BrF3N8O7/c1-68-50(70)31-47(51(68)41-3-2-20-62-33-41)54(73)65-23-26-76-28-27-75-25-22-64-53(72)39-10-6-37(7-11-39)36-4-8-38(9-5-36)52(71)63-21-19-56(18-16-45(32-56)67-49-15-12-40-30-44(58)13-14-46(40)49)55(74)69-24-17-48-42(35-69)29-43(34-66-48)57(59,60)61/h2-3,6-7,10-11,13-14,20,29-30,33-34,36,38,45,47,49,51,67H,4-5,8-9,12,15-19,21-28,31-32,35H2,1H3,(H,63,71)(H,64,72)(H,65,73)/t36?,38?,45-,47+,49-,51-,56-/m1/s1. The second kappa shape index (κ2) is 24.7. The average molecular weight is 1110 g/mol. The summed E-state index contributed by atoms with van der Waals surface area (Å²) in [5.74, 6) is -0.993. The lowest BCUT2D eigenvalue weighted by atomic mass is 9.78. The van der Waals surface area contributed by atoms with Crippen molar-refractivity contribution < 1.29 is 46.6 Å². The number of carbonyl (C=O) groups is 5. The van der Waals surface area contributed by atoms with Crippen LogP contribution < -0.4 is 21.3 Å². The van der Waals surface area contributed by atoms with E-state index >= 15 is 0 Å². The van der Waals surface area contributed by atoms with E-state index in [0.717, 1.165) is 60.0 Å². The number of nitrogens with one attached hydrogen (secondary N) is 4. The highest BCUT2D eigenvalue weighted by Gasteiger charge is 2.48. The highest BCUT2D eigenvalue weighted by Crippen LogP contribution is 2.46. The topological polar surface area (TPSA) is 184 Å². The fourth-order valence-electron chi connectivity index (χ4n) is 12.2. The van der Waals surface area contributed by atoms with E-state index in [9.17, 15) is 37.1 Å². The van der Waals surface area contributed by atoms with Crippen molar-refractivity contribution in [3.05, 3.63) is 128 Å². The molecular weight excluding hydrogens is 1050 g/mol. The van der Waals surface area contributed by atoms with Crippen molar-refractivity contribution >= 4 is 45.5 Å². The van der Waals surface area contributed by atoms with Gasteiger partial charge in [0.2, 0.25) is 23.6 Å². The highest BCUT2D eigenvalue weighted by molar-refractivity contribution is 9.10. The Bertz CT molecular complexity index is 2710. The van der Waals surface area contributed by atoms with Crippen molar-refractivity contribution in [2.24, 2.45) is 17.3 Å². The number of nitrogens with zero attached hydrogens (tertiary/aromatic N) is 4. The molecule has 4 aromatic rings. The van der Waals surface area contributed by atoms with Gasteiger partial charge in [0, 0.05) is 105 Å². The molecule has 0 bridgehead atoms. The second-order valence-electron chi connectivity index (χ2n) is 21.2. The number of hydrogen-bond donors (Lipinski definition) is 4. The zero-order valence-electron chi connectivity index (χ0n) is 43.0. The largest absolute Gasteiger partial charge is 0.417 e. The molecule has 0 unspecified atom stereocenters. The Morgan fingerprint density at radius 1 is 0.816 bits per heavy atom. The van der Waals surface area contributed by atoms with Crippen molar-refractivity contribution in [2.45, 2.75) is 114 Å². The van der Waals surface area contributed by atoms with Crippen molar-refractivity contribution in [1.82, 2.24) is 41.0 Å². The lowest BCUT2D eigenvalue weighted by Gasteiger charge is -2.37. The number of rotatable bonds is 20. The van der Waals surface area contributed by atoms with Crippen molar-refractivity contribution in [3.63, 3.8) is 0 Å². The van der Waals surface area contributed by atoms with E-state index in [1.165, 1.54) is 11.1 Å². The second-order valence-corrected chi connectivity index (χ2v) is 22.1. The predicted octanol–water partition coefficient (Wildman–Crippen LogP) is 7.54. The third kappa shape index (κ3) is 13.1. The Hall–Kier alpha value is -5.76. The van der Waals surface area contributed by atoms with Crippen molar-refractivity contribution in [2.75, 3.05) is 59.7 Å². The number of benzene rings is 2. The lowest BCUT2D eigenvalue weighted by Crippen LogP contribution is -2.47. The maximum absolute atomic E-state index is 14.7. The number of aryl methyl sites for hydroxylation is 1. The van der Waals surface area contributed by atoms with Crippen LogP contribution in [0, 0.1) is 17.3 Å².